The number of pyridine rings is 1. The van der Waals surface area contributed by atoms with Crippen LogP contribution in [-0.2, 0) is 29.8 Å². The van der Waals surface area contributed by atoms with Crippen LogP contribution < -0.4 is 0 Å². The first-order valence-corrected chi connectivity index (χ1v) is 10.2. The number of nitrogens with zero attached hydrogens (tertiary/aromatic N) is 5. The summed E-state index contributed by atoms with van der Waals surface area (Å²) in [5.41, 5.74) is -0.188. The molecular formula is C17H20F3N5O2S. The number of hydrogen-bond acceptors (Lipinski definition) is 5. The molecule has 0 bridgehead atoms. The maximum atomic E-state index is 12.8. The quantitative estimate of drug-likeness (QED) is 0.760. The largest absolute Gasteiger partial charge is 0.433 e. The molecule has 0 atom stereocenters. The molecule has 2 aromatic heterocycles. The van der Waals surface area contributed by atoms with Crippen LogP contribution in [0.1, 0.15) is 17.0 Å². The Hall–Kier alpha value is -1.98. The van der Waals surface area contributed by atoms with Crippen LogP contribution in [0.3, 0.4) is 0 Å². The van der Waals surface area contributed by atoms with E-state index in [0.717, 1.165) is 31.3 Å². The van der Waals surface area contributed by atoms with Crippen LogP contribution in [0.2, 0.25) is 0 Å². The molecule has 0 amide bonds. The summed E-state index contributed by atoms with van der Waals surface area (Å²) < 4.78 is 66.9. The highest BCUT2D eigenvalue weighted by Crippen LogP contribution is 2.43. The molecule has 2 fully saturated rings. The average molecular weight is 415 g/mol. The molecule has 152 valence electrons. The lowest BCUT2D eigenvalue weighted by molar-refractivity contribution is -0.141. The lowest BCUT2D eigenvalue weighted by atomic mass is 9.74. The zero-order chi connectivity index (χ0) is 20.3. The third kappa shape index (κ3) is 3.31. The average Bonchev–Trinajstić information content (AvgIpc) is 2.92. The molecule has 1 spiro atoms. The first kappa shape index (κ1) is 19.3. The van der Waals surface area contributed by atoms with Gasteiger partial charge < -0.3 is 0 Å². The Bertz CT molecular complexity index is 1000. The van der Waals surface area contributed by atoms with Crippen molar-refractivity contribution in [1.29, 1.82) is 0 Å². The summed E-state index contributed by atoms with van der Waals surface area (Å²) in [5, 5.41) is 4.13. The van der Waals surface area contributed by atoms with Gasteiger partial charge in [-0.25, -0.2) is 13.4 Å². The van der Waals surface area contributed by atoms with Crippen LogP contribution in [0.25, 0.3) is 0 Å². The number of alkyl halides is 3. The van der Waals surface area contributed by atoms with Crippen molar-refractivity contribution in [3.8, 4) is 0 Å². The molecule has 0 saturated carbocycles. The molecule has 2 aromatic rings. The summed E-state index contributed by atoms with van der Waals surface area (Å²) in [6, 6.07) is 1.72. The third-order valence-corrected chi connectivity index (χ3v) is 7.18. The Balaban J connectivity index is 1.39. The van der Waals surface area contributed by atoms with Crippen LogP contribution in [-0.4, -0.2) is 58.6 Å². The lowest BCUT2D eigenvalue weighted by Gasteiger charge is -2.59. The zero-order valence-corrected chi connectivity index (χ0v) is 16.3. The minimum atomic E-state index is -4.60. The fraction of sp³-hybridized carbons (Fsp3) is 0.529. The fourth-order valence-electron chi connectivity index (χ4n) is 4.02. The highest BCUT2D eigenvalue weighted by Gasteiger charge is 2.55. The van der Waals surface area contributed by atoms with Gasteiger partial charge in [-0.15, -0.1) is 0 Å². The first-order chi connectivity index (χ1) is 13.0. The smallest absolute Gasteiger partial charge is 0.298 e. The standard InChI is InChI=1S/C17H20F3N5O2S/c1-12-14(3-4-15(22-12)17(18,19)20)28(26,27)25-10-16(11-25)8-24(9-16)7-13-5-21-23(2)6-13/h3-6H,7-11H2,1-2H3. The van der Waals surface area contributed by atoms with Crippen molar-refractivity contribution in [3.05, 3.63) is 41.5 Å². The van der Waals surface area contributed by atoms with Gasteiger partial charge in [-0.1, -0.05) is 0 Å². The van der Waals surface area contributed by atoms with Crippen LogP contribution in [0.4, 0.5) is 13.2 Å². The van der Waals surface area contributed by atoms with E-state index in [4.69, 9.17) is 0 Å². The molecule has 4 rings (SSSR count). The Labute approximate surface area is 160 Å². The van der Waals surface area contributed by atoms with E-state index in [1.807, 2.05) is 19.4 Å². The SMILES string of the molecule is Cc1nc(C(F)(F)F)ccc1S(=O)(=O)N1CC2(CN(Cc3cnn(C)c3)C2)C1. The molecule has 0 radical (unpaired) electrons. The van der Waals surface area contributed by atoms with Gasteiger partial charge in [0.1, 0.15) is 10.6 Å². The summed E-state index contributed by atoms with van der Waals surface area (Å²) in [4.78, 5) is 5.50. The van der Waals surface area contributed by atoms with Gasteiger partial charge in [0.05, 0.1) is 11.9 Å². The Morgan fingerprint density at radius 2 is 1.86 bits per heavy atom. The normalized spacial score (nSPS) is 20.2. The van der Waals surface area contributed by atoms with Crippen molar-refractivity contribution in [2.75, 3.05) is 26.2 Å². The summed E-state index contributed by atoms with van der Waals surface area (Å²) in [6.07, 6.45) is -0.844. The summed E-state index contributed by atoms with van der Waals surface area (Å²) in [5.74, 6) is 0. The van der Waals surface area contributed by atoms with E-state index in [-0.39, 0.29) is 16.0 Å². The molecule has 0 unspecified atom stereocenters. The lowest BCUT2D eigenvalue weighted by Crippen LogP contribution is -2.72. The van der Waals surface area contributed by atoms with E-state index in [9.17, 15) is 21.6 Å². The Kier molecular flexibility index (Phi) is 4.32. The number of aryl methyl sites for hydroxylation is 2. The topological polar surface area (TPSA) is 71.3 Å². The second kappa shape index (κ2) is 6.26. The molecule has 4 heterocycles. The molecule has 2 saturated heterocycles. The third-order valence-electron chi connectivity index (χ3n) is 5.25. The van der Waals surface area contributed by atoms with Gasteiger partial charge in [0, 0.05) is 56.9 Å². The van der Waals surface area contributed by atoms with Crippen LogP contribution in [0, 0.1) is 12.3 Å². The van der Waals surface area contributed by atoms with Crippen molar-refractivity contribution < 1.29 is 21.6 Å². The van der Waals surface area contributed by atoms with Gasteiger partial charge in [0.15, 0.2) is 0 Å². The van der Waals surface area contributed by atoms with Crippen LogP contribution >= 0.6 is 0 Å². The van der Waals surface area contributed by atoms with Gasteiger partial charge in [-0.2, -0.15) is 22.6 Å². The van der Waals surface area contributed by atoms with Crippen molar-refractivity contribution in [3.63, 3.8) is 0 Å². The number of likely N-dealkylation sites (tertiary alicyclic amines) is 1. The van der Waals surface area contributed by atoms with E-state index >= 15 is 0 Å². The van der Waals surface area contributed by atoms with Crippen molar-refractivity contribution >= 4 is 10.0 Å². The highest BCUT2D eigenvalue weighted by atomic mass is 32.2. The molecule has 2 aliphatic heterocycles. The number of sulfonamides is 1. The van der Waals surface area contributed by atoms with Gasteiger partial charge in [0.25, 0.3) is 0 Å². The summed E-state index contributed by atoms with van der Waals surface area (Å²) in [6.45, 7) is 4.38. The number of hydrogen-bond donors (Lipinski definition) is 0. The molecule has 0 aromatic carbocycles. The van der Waals surface area contributed by atoms with E-state index < -0.39 is 21.9 Å². The Morgan fingerprint density at radius 1 is 1.18 bits per heavy atom. The monoisotopic (exact) mass is 415 g/mol. The highest BCUT2D eigenvalue weighted by molar-refractivity contribution is 7.89. The molecule has 28 heavy (non-hydrogen) atoms. The predicted molar refractivity (Wildman–Crippen MR) is 93.7 cm³/mol. The maximum absolute atomic E-state index is 12.8. The minimum absolute atomic E-state index is 0.0669. The van der Waals surface area contributed by atoms with Crippen molar-refractivity contribution in [2.24, 2.45) is 12.5 Å². The second-order valence-corrected chi connectivity index (χ2v) is 9.62. The zero-order valence-electron chi connectivity index (χ0n) is 15.4. The summed E-state index contributed by atoms with van der Waals surface area (Å²) in [7, 11) is -1.99. The van der Waals surface area contributed by atoms with Crippen LogP contribution in [0.5, 0.6) is 0 Å². The van der Waals surface area contributed by atoms with Crippen molar-refractivity contribution in [1.82, 2.24) is 24.0 Å². The van der Waals surface area contributed by atoms with Gasteiger partial charge in [-0.05, 0) is 19.1 Å². The maximum Gasteiger partial charge on any atom is 0.433 e. The number of rotatable bonds is 4. The molecule has 0 N–H and O–H groups in total. The van der Waals surface area contributed by atoms with Gasteiger partial charge in [0.2, 0.25) is 10.0 Å². The Morgan fingerprint density at radius 3 is 2.39 bits per heavy atom. The fourth-order valence-corrected chi connectivity index (χ4v) is 5.84. The van der Waals surface area contributed by atoms with E-state index in [2.05, 4.69) is 15.0 Å². The summed E-state index contributed by atoms with van der Waals surface area (Å²) >= 11 is 0. The van der Waals surface area contributed by atoms with E-state index in [1.165, 1.54) is 11.2 Å². The first-order valence-electron chi connectivity index (χ1n) is 8.73. The molecule has 0 aliphatic carbocycles. The van der Waals surface area contributed by atoms with E-state index in [0.29, 0.717) is 19.2 Å². The molecule has 2 aliphatic rings. The van der Waals surface area contributed by atoms with Gasteiger partial charge >= 0.3 is 6.18 Å². The van der Waals surface area contributed by atoms with Crippen LogP contribution in [0.15, 0.2) is 29.4 Å². The second-order valence-electron chi connectivity index (χ2n) is 7.72. The van der Waals surface area contributed by atoms with E-state index in [1.54, 1.807) is 4.68 Å². The number of aromatic nitrogens is 3. The predicted octanol–water partition coefficient (Wildman–Crippen LogP) is 1.65. The molecule has 7 nitrogen and oxygen atoms in total. The van der Waals surface area contributed by atoms with Crippen molar-refractivity contribution in [2.45, 2.75) is 24.5 Å². The van der Waals surface area contributed by atoms with Gasteiger partial charge in [-0.3, -0.25) is 9.58 Å². The number of halogens is 3. The molecular weight excluding hydrogens is 395 g/mol. The minimum Gasteiger partial charge on any atom is -0.298 e. The molecule has 11 heteroatoms.